The first kappa shape index (κ1) is 18.1. The molecule has 0 fully saturated rings. The minimum Gasteiger partial charge on any atom is -0.462 e. The zero-order valence-electron chi connectivity index (χ0n) is 12.7. The van der Waals surface area contributed by atoms with Crippen LogP contribution in [0, 0.1) is 6.92 Å². The third kappa shape index (κ3) is 3.61. The minimum absolute atomic E-state index is 0.170. The molecular formula is C15H13F3O5S. The number of alkyl halides is 3. The second-order valence-corrected chi connectivity index (χ2v) is 6.42. The summed E-state index contributed by atoms with van der Waals surface area (Å²) in [6.45, 7) is 3.51. The monoisotopic (exact) mass is 362 g/mol. The lowest BCUT2D eigenvalue weighted by Gasteiger charge is -2.11. The Morgan fingerprint density at radius 1 is 1.17 bits per heavy atom. The van der Waals surface area contributed by atoms with Crippen molar-refractivity contribution in [3.8, 4) is 5.75 Å². The highest BCUT2D eigenvalue weighted by atomic mass is 32.2. The quantitative estimate of drug-likeness (QED) is 0.473. The zero-order chi connectivity index (χ0) is 18.1. The van der Waals surface area contributed by atoms with Crippen molar-refractivity contribution in [3.63, 3.8) is 0 Å². The van der Waals surface area contributed by atoms with Crippen LogP contribution in [0.2, 0.25) is 0 Å². The Morgan fingerprint density at radius 3 is 2.42 bits per heavy atom. The Labute approximate surface area is 136 Å². The Bertz CT molecular complexity index is 888. The number of rotatable bonds is 4. The fraction of sp³-hybridized carbons (Fsp3) is 0.267. The molecule has 5 nitrogen and oxygen atoms in total. The number of benzene rings is 2. The number of fused-ring (bicyclic) bond motifs is 1. The first-order chi connectivity index (χ1) is 11.0. The van der Waals surface area contributed by atoms with Crippen LogP contribution in [0.25, 0.3) is 10.8 Å². The van der Waals surface area contributed by atoms with E-state index in [1.165, 1.54) is 12.1 Å². The van der Waals surface area contributed by atoms with Crippen LogP contribution in [0.3, 0.4) is 0 Å². The van der Waals surface area contributed by atoms with Crippen LogP contribution in [0.15, 0.2) is 30.3 Å². The van der Waals surface area contributed by atoms with Crippen LogP contribution >= 0.6 is 0 Å². The molecule has 0 saturated carbocycles. The molecule has 2 rings (SSSR count). The van der Waals surface area contributed by atoms with E-state index in [4.69, 9.17) is 4.74 Å². The van der Waals surface area contributed by atoms with E-state index in [-0.39, 0.29) is 12.2 Å². The molecule has 2 aromatic rings. The van der Waals surface area contributed by atoms with Gasteiger partial charge in [-0.2, -0.15) is 21.6 Å². The van der Waals surface area contributed by atoms with E-state index in [2.05, 4.69) is 4.18 Å². The second-order valence-electron chi connectivity index (χ2n) is 4.88. The maximum atomic E-state index is 12.4. The van der Waals surface area contributed by atoms with Crippen molar-refractivity contribution in [1.82, 2.24) is 0 Å². The largest absolute Gasteiger partial charge is 0.534 e. The van der Waals surface area contributed by atoms with Gasteiger partial charge in [-0.25, -0.2) is 4.79 Å². The molecule has 0 aromatic heterocycles. The van der Waals surface area contributed by atoms with Gasteiger partial charge in [0.2, 0.25) is 0 Å². The Morgan fingerprint density at radius 2 is 1.83 bits per heavy atom. The van der Waals surface area contributed by atoms with Crippen molar-refractivity contribution >= 4 is 26.9 Å². The molecule has 0 saturated heterocycles. The molecular weight excluding hydrogens is 349 g/mol. The number of hydrogen-bond acceptors (Lipinski definition) is 5. The summed E-state index contributed by atoms with van der Waals surface area (Å²) in [5.41, 5.74) is -4.64. The van der Waals surface area contributed by atoms with E-state index in [0.717, 1.165) is 12.1 Å². The molecule has 0 unspecified atom stereocenters. The molecule has 0 aliphatic heterocycles. The number of carbonyl (C=O) groups excluding carboxylic acids is 1. The third-order valence-corrected chi connectivity index (χ3v) is 4.11. The van der Waals surface area contributed by atoms with E-state index in [1.807, 2.05) is 0 Å². The van der Waals surface area contributed by atoms with Gasteiger partial charge in [-0.05, 0) is 54.4 Å². The molecule has 2 aromatic carbocycles. The first-order valence-electron chi connectivity index (χ1n) is 6.77. The van der Waals surface area contributed by atoms with Crippen molar-refractivity contribution in [3.05, 3.63) is 41.5 Å². The molecule has 0 spiro atoms. The van der Waals surface area contributed by atoms with Gasteiger partial charge in [0, 0.05) is 0 Å². The normalized spacial score (nSPS) is 12.2. The Hall–Kier alpha value is -2.29. The summed E-state index contributed by atoms with van der Waals surface area (Å²) >= 11 is 0. The summed E-state index contributed by atoms with van der Waals surface area (Å²) in [4.78, 5) is 11.8. The van der Waals surface area contributed by atoms with E-state index in [0.29, 0.717) is 16.3 Å². The molecule has 0 atom stereocenters. The number of esters is 1. The Kier molecular flexibility index (Phi) is 4.75. The van der Waals surface area contributed by atoms with E-state index in [1.54, 1.807) is 19.9 Å². The molecule has 0 aliphatic rings. The molecule has 0 radical (unpaired) electrons. The number of ether oxygens (including phenoxy) is 1. The SMILES string of the molecule is CCOC(=O)c1cc(C)c2ccc(OS(=O)(=O)C(F)(F)F)cc2c1. The molecule has 0 aliphatic carbocycles. The van der Waals surface area contributed by atoms with Crippen LogP contribution in [0.1, 0.15) is 22.8 Å². The third-order valence-electron chi connectivity index (χ3n) is 3.13. The van der Waals surface area contributed by atoms with Gasteiger partial charge in [-0.1, -0.05) is 6.07 Å². The molecule has 24 heavy (non-hydrogen) atoms. The molecule has 0 amide bonds. The average molecular weight is 362 g/mol. The highest BCUT2D eigenvalue weighted by Gasteiger charge is 2.48. The van der Waals surface area contributed by atoms with E-state index >= 15 is 0 Å². The average Bonchev–Trinajstić information content (AvgIpc) is 2.45. The fourth-order valence-corrected chi connectivity index (χ4v) is 2.55. The van der Waals surface area contributed by atoms with E-state index < -0.39 is 27.3 Å². The lowest BCUT2D eigenvalue weighted by Crippen LogP contribution is -2.28. The van der Waals surface area contributed by atoms with Gasteiger partial charge < -0.3 is 8.92 Å². The summed E-state index contributed by atoms with van der Waals surface area (Å²) in [5, 5.41) is 0.993. The Balaban J connectivity index is 2.48. The maximum Gasteiger partial charge on any atom is 0.534 e. The van der Waals surface area contributed by atoms with Crippen LogP contribution in [-0.2, 0) is 14.9 Å². The first-order valence-corrected chi connectivity index (χ1v) is 8.18. The van der Waals surface area contributed by atoms with Gasteiger partial charge in [0.25, 0.3) is 0 Å². The predicted octanol–water partition coefficient (Wildman–Crippen LogP) is 3.55. The predicted molar refractivity (Wildman–Crippen MR) is 80.2 cm³/mol. The van der Waals surface area contributed by atoms with Crippen molar-refractivity contribution < 1.29 is 35.3 Å². The van der Waals surface area contributed by atoms with Gasteiger partial charge in [0.05, 0.1) is 12.2 Å². The van der Waals surface area contributed by atoms with Crippen molar-refractivity contribution in [2.45, 2.75) is 19.4 Å². The summed E-state index contributed by atoms with van der Waals surface area (Å²) in [5.74, 6) is -1.09. The molecule has 0 heterocycles. The second kappa shape index (κ2) is 6.31. The van der Waals surface area contributed by atoms with Crippen LogP contribution < -0.4 is 4.18 Å². The minimum atomic E-state index is -5.76. The summed E-state index contributed by atoms with van der Waals surface area (Å²) in [7, 11) is -5.76. The molecule has 0 N–H and O–H groups in total. The van der Waals surface area contributed by atoms with Crippen LogP contribution in [0.5, 0.6) is 5.75 Å². The highest BCUT2D eigenvalue weighted by molar-refractivity contribution is 7.88. The van der Waals surface area contributed by atoms with Gasteiger partial charge in [-0.3, -0.25) is 0 Å². The van der Waals surface area contributed by atoms with Crippen molar-refractivity contribution in [2.75, 3.05) is 6.61 Å². The van der Waals surface area contributed by atoms with Gasteiger partial charge in [0.15, 0.2) is 0 Å². The number of aryl methyl sites for hydroxylation is 1. The van der Waals surface area contributed by atoms with Crippen molar-refractivity contribution in [1.29, 1.82) is 0 Å². The van der Waals surface area contributed by atoms with E-state index in [9.17, 15) is 26.4 Å². The number of halogens is 3. The van der Waals surface area contributed by atoms with Crippen LogP contribution in [-0.4, -0.2) is 26.5 Å². The standard InChI is InChI=1S/C15H13F3O5S/c1-3-22-14(19)11-6-9(2)13-5-4-12(8-10(13)7-11)23-24(20,21)15(16,17)18/h4-8H,3H2,1-2H3. The van der Waals surface area contributed by atoms with Crippen molar-refractivity contribution in [2.24, 2.45) is 0 Å². The lowest BCUT2D eigenvalue weighted by molar-refractivity contribution is -0.0500. The maximum absolute atomic E-state index is 12.4. The van der Waals surface area contributed by atoms with Crippen LogP contribution in [0.4, 0.5) is 13.2 Å². The molecule has 9 heteroatoms. The fourth-order valence-electron chi connectivity index (χ4n) is 2.10. The van der Waals surface area contributed by atoms with Gasteiger partial charge >= 0.3 is 21.6 Å². The zero-order valence-corrected chi connectivity index (χ0v) is 13.5. The van der Waals surface area contributed by atoms with Gasteiger partial charge in [0.1, 0.15) is 5.75 Å². The summed E-state index contributed by atoms with van der Waals surface area (Å²) in [6.07, 6.45) is 0. The molecule has 0 bridgehead atoms. The number of hydrogen-bond donors (Lipinski definition) is 0. The summed E-state index contributed by atoms with van der Waals surface area (Å²) < 4.78 is 68.2. The topological polar surface area (TPSA) is 69.7 Å². The molecule has 130 valence electrons. The highest BCUT2D eigenvalue weighted by Crippen LogP contribution is 2.30. The van der Waals surface area contributed by atoms with Gasteiger partial charge in [-0.15, -0.1) is 0 Å². The lowest BCUT2D eigenvalue weighted by atomic mass is 10.0. The smallest absolute Gasteiger partial charge is 0.462 e. The summed E-state index contributed by atoms with van der Waals surface area (Å²) in [6, 6.07) is 6.62. The number of carbonyl (C=O) groups is 1.